The maximum atomic E-state index is 12.8. The van der Waals surface area contributed by atoms with Crippen LogP contribution in [0.25, 0.3) is 11.1 Å². The molecule has 0 unspecified atom stereocenters. The summed E-state index contributed by atoms with van der Waals surface area (Å²) in [5.74, 6) is -0.186. The number of carbonyl (C=O) groups excluding carboxylic acids is 1. The Labute approximate surface area is 113 Å². The first-order chi connectivity index (χ1) is 9.47. The third-order valence-corrected chi connectivity index (χ3v) is 3.35. The molecule has 1 amide bonds. The second kappa shape index (κ2) is 4.37. The molecule has 0 spiro atoms. The van der Waals surface area contributed by atoms with E-state index in [0.29, 0.717) is 23.2 Å². The first-order valence-electron chi connectivity index (χ1n) is 6.04. The van der Waals surface area contributed by atoms with Gasteiger partial charge in [-0.25, -0.2) is 0 Å². The maximum absolute atomic E-state index is 12.8. The molecule has 1 heterocycles. The second-order valence-corrected chi connectivity index (χ2v) is 4.59. The summed E-state index contributed by atoms with van der Waals surface area (Å²) in [6.45, 7) is 0.348. The van der Waals surface area contributed by atoms with Crippen molar-refractivity contribution in [2.75, 3.05) is 0 Å². The van der Waals surface area contributed by atoms with Crippen LogP contribution in [0.3, 0.4) is 0 Å². The third-order valence-electron chi connectivity index (χ3n) is 3.35. The number of amides is 1. The van der Waals surface area contributed by atoms with Crippen LogP contribution >= 0.6 is 0 Å². The number of halogens is 3. The lowest BCUT2D eigenvalue weighted by atomic mass is 9.96. The summed E-state index contributed by atoms with van der Waals surface area (Å²) in [5, 5.41) is 2.68. The molecule has 0 fully saturated rings. The molecule has 20 heavy (non-hydrogen) atoms. The summed E-state index contributed by atoms with van der Waals surface area (Å²) in [6, 6.07) is 10.2. The van der Waals surface area contributed by atoms with E-state index in [4.69, 9.17) is 0 Å². The van der Waals surface area contributed by atoms with E-state index in [1.54, 1.807) is 24.3 Å². The highest BCUT2D eigenvalue weighted by molar-refractivity contribution is 6.00. The summed E-state index contributed by atoms with van der Waals surface area (Å²) < 4.78 is 38.3. The second-order valence-electron chi connectivity index (χ2n) is 4.59. The molecule has 0 radical (unpaired) electrons. The van der Waals surface area contributed by atoms with Gasteiger partial charge in [0.05, 0.1) is 5.56 Å². The fraction of sp³-hybridized carbons (Fsp3) is 0.133. The fourth-order valence-electron chi connectivity index (χ4n) is 2.39. The van der Waals surface area contributed by atoms with Gasteiger partial charge in [0.15, 0.2) is 0 Å². The Morgan fingerprint density at radius 3 is 2.45 bits per heavy atom. The lowest BCUT2D eigenvalue weighted by molar-refractivity contribution is -0.137. The van der Waals surface area contributed by atoms with Gasteiger partial charge in [0.2, 0.25) is 0 Å². The molecule has 0 saturated carbocycles. The van der Waals surface area contributed by atoms with Crippen LogP contribution in [-0.4, -0.2) is 5.91 Å². The molecule has 0 atom stereocenters. The number of nitrogens with one attached hydrogen (secondary N) is 1. The molecule has 2 nitrogen and oxygen atoms in total. The van der Waals surface area contributed by atoms with Gasteiger partial charge < -0.3 is 5.32 Å². The van der Waals surface area contributed by atoms with E-state index < -0.39 is 11.7 Å². The van der Waals surface area contributed by atoms with Gasteiger partial charge in [-0.05, 0) is 34.9 Å². The lowest BCUT2D eigenvalue weighted by Crippen LogP contribution is -2.12. The Morgan fingerprint density at radius 2 is 1.70 bits per heavy atom. The van der Waals surface area contributed by atoms with Crippen molar-refractivity contribution in [1.82, 2.24) is 5.32 Å². The summed E-state index contributed by atoms with van der Waals surface area (Å²) in [4.78, 5) is 11.6. The lowest BCUT2D eigenvalue weighted by Gasteiger charge is -2.11. The Bertz CT molecular complexity index is 692. The Balaban J connectivity index is 2.14. The van der Waals surface area contributed by atoms with Crippen LogP contribution in [0.5, 0.6) is 0 Å². The monoisotopic (exact) mass is 277 g/mol. The largest absolute Gasteiger partial charge is 0.416 e. The maximum Gasteiger partial charge on any atom is 0.416 e. The molecule has 1 aliphatic rings. The van der Waals surface area contributed by atoms with Crippen molar-refractivity contribution in [3.8, 4) is 11.1 Å². The number of rotatable bonds is 1. The van der Waals surface area contributed by atoms with Gasteiger partial charge in [0.25, 0.3) is 5.91 Å². The van der Waals surface area contributed by atoms with Gasteiger partial charge in [0.1, 0.15) is 0 Å². The molecular weight excluding hydrogens is 267 g/mol. The molecule has 2 aromatic rings. The zero-order chi connectivity index (χ0) is 14.3. The highest BCUT2D eigenvalue weighted by atomic mass is 19.4. The van der Waals surface area contributed by atoms with Gasteiger partial charge in [-0.15, -0.1) is 0 Å². The average molecular weight is 277 g/mol. The number of hydrogen-bond donors (Lipinski definition) is 1. The van der Waals surface area contributed by atoms with Crippen LogP contribution in [0.1, 0.15) is 21.5 Å². The normalized spacial score (nSPS) is 14.1. The van der Waals surface area contributed by atoms with Gasteiger partial charge in [-0.3, -0.25) is 4.79 Å². The van der Waals surface area contributed by atoms with Crippen LogP contribution in [0, 0.1) is 0 Å². The van der Waals surface area contributed by atoms with Crippen LogP contribution in [0.15, 0.2) is 42.5 Å². The topological polar surface area (TPSA) is 29.1 Å². The number of hydrogen-bond acceptors (Lipinski definition) is 1. The van der Waals surface area contributed by atoms with Crippen LogP contribution in [0.4, 0.5) is 13.2 Å². The van der Waals surface area contributed by atoms with Gasteiger partial charge >= 0.3 is 6.18 Å². The van der Waals surface area contributed by atoms with E-state index in [-0.39, 0.29) is 5.91 Å². The van der Waals surface area contributed by atoms with E-state index in [9.17, 15) is 18.0 Å². The average Bonchev–Trinajstić information content (AvgIpc) is 2.80. The molecule has 0 aliphatic carbocycles. The smallest absolute Gasteiger partial charge is 0.348 e. The minimum atomic E-state index is -4.37. The molecule has 2 aromatic carbocycles. The summed E-state index contributed by atoms with van der Waals surface area (Å²) >= 11 is 0. The van der Waals surface area contributed by atoms with Crippen molar-refractivity contribution in [1.29, 1.82) is 0 Å². The van der Waals surface area contributed by atoms with Crippen LogP contribution in [-0.2, 0) is 12.7 Å². The molecule has 102 valence electrons. The quantitative estimate of drug-likeness (QED) is 0.847. The van der Waals surface area contributed by atoms with Crippen molar-refractivity contribution >= 4 is 5.91 Å². The van der Waals surface area contributed by atoms with E-state index in [1.165, 1.54) is 6.07 Å². The standard InChI is InChI=1S/C15H10F3NO/c16-15(17,18)10-4-1-3-9(7-10)11-5-2-6-12-13(11)8-19-14(12)20/h1-7H,8H2,(H,19,20). The first kappa shape index (κ1) is 12.7. The first-order valence-corrected chi connectivity index (χ1v) is 6.04. The van der Waals surface area contributed by atoms with Gasteiger partial charge in [0, 0.05) is 12.1 Å². The van der Waals surface area contributed by atoms with E-state index >= 15 is 0 Å². The van der Waals surface area contributed by atoms with Crippen molar-refractivity contribution in [2.45, 2.75) is 12.7 Å². The minimum absolute atomic E-state index is 0.186. The third kappa shape index (κ3) is 2.05. The predicted molar refractivity (Wildman–Crippen MR) is 68.1 cm³/mol. The molecule has 1 aliphatic heterocycles. The highest BCUT2D eigenvalue weighted by Gasteiger charge is 2.31. The molecule has 0 bridgehead atoms. The number of fused-ring (bicyclic) bond motifs is 1. The molecule has 5 heteroatoms. The van der Waals surface area contributed by atoms with E-state index in [1.807, 2.05) is 0 Å². The zero-order valence-electron chi connectivity index (χ0n) is 10.3. The van der Waals surface area contributed by atoms with Crippen molar-refractivity contribution in [3.05, 3.63) is 59.2 Å². The van der Waals surface area contributed by atoms with E-state index in [2.05, 4.69) is 5.32 Å². The molecular formula is C15H10F3NO. The number of benzene rings is 2. The number of alkyl halides is 3. The molecule has 3 rings (SSSR count). The van der Waals surface area contributed by atoms with Crippen molar-refractivity contribution < 1.29 is 18.0 Å². The molecule has 0 aromatic heterocycles. The van der Waals surface area contributed by atoms with Crippen molar-refractivity contribution in [2.24, 2.45) is 0 Å². The molecule has 0 saturated heterocycles. The SMILES string of the molecule is O=C1NCc2c1cccc2-c1cccc(C(F)(F)F)c1. The van der Waals surface area contributed by atoms with Crippen molar-refractivity contribution in [3.63, 3.8) is 0 Å². The van der Waals surface area contributed by atoms with Gasteiger partial charge in [-0.2, -0.15) is 13.2 Å². The van der Waals surface area contributed by atoms with Crippen LogP contribution in [0.2, 0.25) is 0 Å². The fourth-order valence-corrected chi connectivity index (χ4v) is 2.39. The highest BCUT2D eigenvalue weighted by Crippen LogP contribution is 2.34. The Hall–Kier alpha value is -2.30. The van der Waals surface area contributed by atoms with E-state index in [0.717, 1.165) is 17.7 Å². The summed E-state index contributed by atoms with van der Waals surface area (Å²) in [7, 11) is 0. The Morgan fingerprint density at radius 1 is 1.00 bits per heavy atom. The zero-order valence-corrected chi connectivity index (χ0v) is 10.3. The molecule has 1 N–H and O–H groups in total. The number of carbonyl (C=O) groups is 1. The summed E-state index contributed by atoms with van der Waals surface area (Å²) in [5.41, 5.74) is 1.71. The predicted octanol–water partition coefficient (Wildman–Crippen LogP) is 3.62. The van der Waals surface area contributed by atoms with Gasteiger partial charge in [-0.1, -0.05) is 24.3 Å². The Kier molecular flexibility index (Phi) is 2.78. The summed E-state index contributed by atoms with van der Waals surface area (Å²) in [6.07, 6.45) is -4.37. The van der Waals surface area contributed by atoms with Crippen LogP contribution < -0.4 is 5.32 Å². The minimum Gasteiger partial charge on any atom is -0.348 e.